The molecule has 0 fully saturated rings. The van der Waals surface area contributed by atoms with Gasteiger partial charge in [-0.05, 0) is 59.2 Å². The summed E-state index contributed by atoms with van der Waals surface area (Å²) in [4.78, 5) is 21.7. The molecule has 0 radical (unpaired) electrons. The highest BCUT2D eigenvalue weighted by atomic mass is 16.5. The van der Waals surface area contributed by atoms with Crippen molar-refractivity contribution in [2.45, 2.75) is 13.3 Å². The van der Waals surface area contributed by atoms with Crippen molar-refractivity contribution in [3.05, 3.63) is 71.8 Å². The third kappa shape index (κ3) is 6.53. The minimum atomic E-state index is -0.398. The zero-order valence-corrected chi connectivity index (χ0v) is 16.8. The van der Waals surface area contributed by atoms with E-state index in [1.54, 1.807) is 7.11 Å². The first-order valence-electron chi connectivity index (χ1n) is 9.12. The molecule has 0 bridgehead atoms. The van der Waals surface area contributed by atoms with Gasteiger partial charge in [-0.2, -0.15) is 0 Å². The number of rotatable bonds is 5. The van der Waals surface area contributed by atoms with Gasteiger partial charge in [-0.1, -0.05) is 24.3 Å². The second-order valence-corrected chi connectivity index (χ2v) is 6.28. The van der Waals surface area contributed by atoms with Gasteiger partial charge in [0.25, 0.3) is 0 Å². The summed E-state index contributed by atoms with van der Waals surface area (Å²) in [7, 11) is 2.98. The lowest BCUT2D eigenvalue weighted by Gasteiger charge is -2.08. The number of hydrogen-bond donors (Lipinski definition) is 2. The molecule has 3 aromatic rings. The Morgan fingerprint density at radius 1 is 1.00 bits per heavy atom. The molecule has 0 aliphatic rings. The van der Waals surface area contributed by atoms with Crippen LogP contribution in [-0.4, -0.2) is 37.7 Å². The Morgan fingerprint density at radius 3 is 2.34 bits per heavy atom. The predicted molar refractivity (Wildman–Crippen MR) is 112 cm³/mol. The summed E-state index contributed by atoms with van der Waals surface area (Å²) in [6, 6.07) is 18.1. The highest BCUT2D eigenvalue weighted by Gasteiger charge is 2.03. The van der Waals surface area contributed by atoms with Crippen LogP contribution in [0.3, 0.4) is 0 Å². The van der Waals surface area contributed by atoms with Crippen LogP contribution in [0.15, 0.2) is 60.7 Å². The highest BCUT2D eigenvalue weighted by molar-refractivity contribution is 5.89. The Morgan fingerprint density at radius 2 is 1.72 bits per heavy atom. The summed E-state index contributed by atoms with van der Waals surface area (Å²) in [6.07, 6.45) is 0.823. The summed E-state index contributed by atoms with van der Waals surface area (Å²) in [5.41, 5.74) is 1.66. The molecule has 0 heterocycles. The second-order valence-electron chi connectivity index (χ2n) is 6.28. The van der Waals surface area contributed by atoms with Crippen molar-refractivity contribution in [2.75, 3.05) is 20.8 Å². The molecule has 0 saturated heterocycles. The number of nitrogens with one attached hydrogen (secondary N) is 1. The number of fused-ring (bicyclic) bond motifs is 1. The first kappa shape index (κ1) is 21.8. The van der Waals surface area contributed by atoms with Crippen molar-refractivity contribution in [3.8, 4) is 11.5 Å². The van der Waals surface area contributed by atoms with Crippen LogP contribution >= 0.6 is 0 Å². The van der Waals surface area contributed by atoms with E-state index in [1.165, 1.54) is 54.6 Å². The van der Waals surface area contributed by atoms with Crippen LogP contribution in [0.5, 0.6) is 11.5 Å². The Hall–Kier alpha value is -3.54. The smallest absolute Gasteiger partial charge is 0.337 e. The lowest BCUT2D eigenvalue weighted by atomic mass is 10.0. The van der Waals surface area contributed by atoms with Crippen molar-refractivity contribution in [1.29, 1.82) is 0 Å². The summed E-state index contributed by atoms with van der Waals surface area (Å²) in [6.45, 7) is 2.19. The van der Waals surface area contributed by atoms with E-state index >= 15 is 0 Å². The minimum absolute atomic E-state index is 0.00724. The van der Waals surface area contributed by atoms with Crippen LogP contribution in [0.1, 0.15) is 22.8 Å². The number of methoxy groups -OCH3 is 2. The molecule has 1 amide bonds. The zero-order chi connectivity index (χ0) is 21.2. The molecular weight excluding hydrogens is 370 g/mol. The number of hydrogen-bond acceptors (Lipinski definition) is 5. The van der Waals surface area contributed by atoms with E-state index in [0.29, 0.717) is 12.1 Å². The normalized spacial score (nSPS) is 9.90. The van der Waals surface area contributed by atoms with E-state index in [9.17, 15) is 9.59 Å². The molecule has 0 aliphatic heterocycles. The summed E-state index contributed by atoms with van der Waals surface area (Å²) in [5.74, 6) is 0.602. The quantitative estimate of drug-likeness (QED) is 0.644. The molecule has 6 nitrogen and oxygen atoms in total. The van der Waals surface area contributed by atoms with E-state index in [1.807, 2.05) is 18.2 Å². The molecule has 0 unspecified atom stereocenters. The monoisotopic (exact) mass is 395 g/mol. The van der Waals surface area contributed by atoms with Crippen LogP contribution < -0.4 is 10.1 Å². The SMILES string of the molecule is COC(=O)c1ccc(O)cc1.COc1ccc2cccc(CCNC(C)=O)c2c1. The summed E-state index contributed by atoms with van der Waals surface area (Å²) < 4.78 is 9.71. The predicted octanol–water partition coefficient (Wildman–Crippen LogP) is 3.71. The fraction of sp³-hybridized carbons (Fsp3) is 0.217. The third-order valence-electron chi connectivity index (χ3n) is 4.24. The number of carbonyl (C=O) groups excluding carboxylic acids is 2. The number of benzene rings is 3. The lowest BCUT2D eigenvalue weighted by molar-refractivity contribution is -0.118. The van der Waals surface area contributed by atoms with E-state index < -0.39 is 5.97 Å². The maximum Gasteiger partial charge on any atom is 0.337 e. The van der Waals surface area contributed by atoms with Gasteiger partial charge in [0.1, 0.15) is 11.5 Å². The maximum absolute atomic E-state index is 10.9. The second kappa shape index (κ2) is 10.7. The van der Waals surface area contributed by atoms with Gasteiger partial charge in [0.15, 0.2) is 0 Å². The number of phenols is 1. The largest absolute Gasteiger partial charge is 0.508 e. The number of carbonyl (C=O) groups is 2. The van der Waals surface area contributed by atoms with Gasteiger partial charge in [-0.25, -0.2) is 4.79 Å². The van der Waals surface area contributed by atoms with Gasteiger partial charge in [-0.15, -0.1) is 0 Å². The highest BCUT2D eigenvalue weighted by Crippen LogP contribution is 2.24. The average molecular weight is 395 g/mol. The van der Waals surface area contributed by atoms with Gasteiger partial charge in [0.05, 0.1) is 19.8 Å². The topological polar surface area (TPSA) is 84.9 Å². The molecule has 6 heteroatoms. The van der Waals surface area contributed by atoms with Crippen LogP contribution in [-0.2, 0) is 16.0 Å². The van der Waals surface area contributed by atoms with Crippen molar-refractivity contribution in [1.82, 2.24) is 5.32 Å². The molecule has 2 N–H and O–H groups in total. The molecule has 0 saturated carbocycles. The summed E-state index contributed by atoms with van der Waals surface area (Å²) in [5, 5.41) is 14.0. The molecule has 0 aliphatic carbocycles. The number of aromatic hydroxyl groups is 1. The Balaban J connectivity index is 0.000000234. The fourth-order valence-corrected chi connectivity index (χ4v) is 2.75. The van der Waals surface area contributed by atoms with Crippen molar-refractivity contribution >= 4 is 22.6 Å². The first-order chi connectivity index (χ1) is 13.9. The minimum Gasteiger partial charge on any atom is -0.508 e. The Bertz CT molecular complexity index is 967. The fourth-order valence-electron chi connectivity index (χ4n) is 2.75. The Labute approximate surface area is 170 Å². The van der Waals surface area contributed by atoms with Crippen molar-refractivity contribution in [3.63, 3.8) is 0 Å². The van der Waals surface area contributed by atoms with Gasteiger partial charge >= 0.3 is 5.97 Å². The molecule has 29 heavy (non-hydrogen) atoms. The molecule has 0 spiro atoms. The molecular formula is C23H25NO5. The molecule has 0 aromatic heterocycles. The van der Waals surface area contributed by atoms with Crippen LogP contribution in [0.25, 0.3) is 10.8 Å². The molecule has 152 valence electrons. The van der Waals surface area contributed by atoms with Gasteiger partial charge in [0.2, 0.25) is 5.91 Å². The molecule has 3 rings (SSSR count). The Kier molecular flexibility index (Phi) is 8.03. The first-order valence-corrected chi connectivity index (χ1v) is 9.12. The number of esters is 1. The van der Waals surface area contributed by atoms with Crippen molar-refractivity contribution in [2.24, 2.45) is 0 Å². The van der Waals surface area contributed by atoms with Crippen molar-refractivity contribution < 1.29 is 24.2 Å². The van der Waals surface area contributed by atoms with Gasteiger partial charge in [-0.3, -0.25) is 4.79 Å². The van der Waals surface area contributed by atoms with E-state index in [2.05, 4.69) is 28.3 Å². The molecule has 3 aromatic carbocycles. The number of amides is 1. The number of ether oxygens (including phenoxy) is 2. The van der Waals surface area contributed by atoms with Gasteiger partial charge < -0.3 is 19.9 Å². The third-order valence-corrected chi connectivity index (χ3v) is 4.24. The average Bonchev–Trinajstić information content (AvgIpc) is 2.73. The van der Waals surface area contributed by atoms with E-state index in [4.69, 9.17) is 9.84 Å². The maximum atomic E-state index is 10.9. The van der Waals surface area contributed by atoms with E-state index in [0.717, 1.165) is 12.2 Å². The molecule has 0 atom stereocenters. The van der Waals surface area contributed by atoms with E-state index in [-0.39, 0.29) is 11.7 Å². The zero-order valence-electron chi connectivity index (χ0n) is 16.8. The number of phenolic OH excluding ortho intramolecular Hbond substituents is 1. The van der Waals surface area contributed by atoms with Gasteiger partial charge in [0, 0.05) is 13.5 Å². The lowest BCUT2D eigenvalue weighted by Crippen LogP contribution is -2.22. The van der Waals surface area contributed by atoms with Crippen LogP contribution in [0.2, 0.25) is 0 Å². The van der Waals surface area contributed by atoms with Crippen LogP contribution in [0, 0.1) is 0 Å². The standard InChI is InChI=1S/C15H17NO2.C8H8O3/c1-11(17)16-9-8-13-5-3-4-12-6-7-14(18-2)10-15(12)13;1-11-8(10)6-2-4-7(9)5-3-6/h3-7,10H,8-9H2,1-2H3,(H,16,17);2-5,9H,1H3. The van der Waals surface area contributed by atoms with Crippen LogP contribution in [0.4, 0.5) is 0 Å². The summed E-state index contributed by atoms with van der Waals surface area (Å²) >= 11 is 0.